The highest BCUT2D eigenvalue weighted by Crippen LogP contribution is 2.29. The monoisotopic (exact) mass is 461 g/mol. The molecule has 0 bridgehead atoms. The highest BCUT2D eigenvalue weighted by atomic mass is 19.1. The molecule has 0 aromatic heterocycles. The number of esters is 1. The summed E-state index contributed by atoms with van der Waals surface area (Å²) in [5.41, 5.74) is 1.82. The van der Waals surface area contributed by atoms with Crippen LogP contribution in [-0.4, -0.2) is 56.0 Å². The van der Waals surface area contributed by atoms with Crippen LogP contribution in [0.15, 0.2) is 72.8 Å². The summed E-state index contributed by atoms with van der Waals surface area (Å²) in [6.45, 7) is 2.04. The Morgan fingerprint density at radius 3 is 2.21 bits per heavy atom. The fourth-order valence-electron chi connectivity index (χ4n) is 3.91. The van der Waals surface area contributed by atoms with Crippen molar-refractivity contribution < 1.29 is 23.5 Å². The van der Waals surface area contributed by atoms with Crippen LogP contribution in [0, 0.1) is 5.82 Å². The second kappa shape index (κ2) is 10.2. The first-order valence-corrected chi connectivity index (χ1v) is 10.9. The van der Waals surface area contributed by atoms with Gasteiger partial charge >= 0.3 is 5.97 Å². The van der Waals surface area contributed by atoms with Crippen molar-refractivity contribution in [3.63, 3.8) is 0 Å². The Bertz CT molecular complexity index is 1210. The van der Waals surface area contributed by atoms with Gasteiger partial charge in [-0.05, 0) is 42.5 Å². The van der Waals surface area contributed by atoms with Crippen LogP contribution < -0.4 is 10.2 Å². The molecule has 0 spiro atoms. The molecule has 0 radical (unpaired) electrons. The quantitative estimate of drug-likeness (QED) is 0.585. The predicted octanol–water partition coefficient (Wildman–Crippen LogP) is 3.83. The molecule has 7 nitrogen and oxygen atoms in total. The maximum atomic E-state index is 14.1. The number of carbonyl (C=O) groups is 3. The van der Waals surface area contributed by atoms with Gasteiger partial charge in [-0.25, -0.2) is 9.18 Å². The molecule has 174 valence electrons. The topological polar surface area (TPSA) is 79.0 Å². The maximum absolute atomic E-state index is 14.1. The molecule has 3 aromatic carbocycles. The molecule has 4 rings (SSSR count). The van der Waals surface area contributed by atoms with E-state index in [9.17, 15) is 18.8 Å². The van der Waals surface area contributed by atoms with Crippen LogP contribution in [0.4, 0.5) is 15.8 Å². The van der Waals surface area contributed by atoms with Crippen molar-refractivity contribution in [3.05, 3.63) is 95.3 Å². The van der Waals surface area contributed by atoms with Crippen LogP contribution in [0.25, 0.3) is 0 Å². The number of piperazine rings is 1. The van der Waals surface area contributed by atoms with Gasteiger partial charge in [-0.1, -0.05) is 30.3 Å². The number of halogens is 1. The van der Waals surface area contributed by atoms with E-state index < -0.39 is 17.7 Å². The van der Waals surface area contributed by atoms with Crippen LogP contribution in [0.1, 0.15) is 31.1 Å². The van der Waals surface area contributed by atoms with E-state index in [-0.39, 0.29) is 17.0 Å². The third-order valence-electron chi connectivity index (χ3n) is 5.71. The molecule has 1 aliphatic heterocycles. The number of carbonyl (C=O) groups excluding carboxylic acids is 3. The van der Waals surface area contributed by atoms with Crippen molar-refractivity contribution in [2.45, 2.75) is 0 Å². The molecule has 0 unspecified atom stereocenters. The van der Waals surface area contributed by atoms with Gasteiger partial charge in [0.05, 0.1) is 29.6 Å². The average molecular weight is 461 g/mol. The van der Waals surface area contributed by atoms with Gasteiger partial charge in [0, 0.05) is 31.7 Å². The second-order valence-corrected chi connectivity index (χ2v) is 7.80. The minimum atomic E-state index is -0.640. The molecular formula is C26H24FN3O4. The van der Waals surface area contributed by atoms with Crippen LogP contribution in [0.5, 0.6) is 0 Å². The zero-order valence-electron chi connectivity index (χ0n) is 18.7. The third-order valence-corrected chi connectivity index (χ3v) is 5.71. The average Bonchev–Trinajstić information content (AvgIpc) is 2.88. The van der Waals surface area contributed by atoms with Crippen LogP contribution in [0.2, 0.25) is 0 Å². The van der Waals surface area contributed by atoms with Crippen LogP contribution >= 0.6 is 0 Å². The number of nitrogens with zero attached hydrogens (tertiary/aromatic N) is 2. The van der Waals surface area contributed by atoms with E-state index in [1.807, 2.05) is 23.1 Å². The first-order chi connectivity index (χ1) is 16.5. The van der Waals surface area contributed by atoms with E-state index in [0.29, 0.717) is 43.1 Å². The Kier molecular flexibility index (Phi) is 6.87. The first-order valence-electron chi connectivity index (χ1n) is 10.9. The summed E-state index contributed by atoms with van der Waals surface area (Å²) in [5, 5.41) is 2.74. The smallest absolute Gasteiger partial charge is 0.337 e. The van der Waals surface area contributed by atoms with Crippen molar-refractivity contribution in [2.24, 2.45) is 0 Å². The normalized spacial score (nSPS) is 13.4. The first kappa shape index (κ1) is 23.0. The van der Waals surface area contributed by atoms with Gasteiger partial charge in [-0.15, -0.1) is 0 Å². The lowest BCUT2D eigenvalue weighted by Gasteiger charge is -2.37. The Labute approximate surface area is 196 Å². The summed E-state index contributed by atoms with van der Waals surface area (Å²) in [4.78, 5) is 41.4. The molecule has 2 amide bonds. The summed E-state index contributed by atoms with van der Waals surface area (Å²) in [6.07, 6.45) is 0. The number of amides is 2. The maximum Gasteiger partial charge on any atom is 0.337 e. The Morgan fingerprint density at radius 1 is 0.853 bits per heavy atom. The SMILES string of the molecule is COC(=O)c1ccc(N2CCN(C(=O)c3ccccc3)CC2)c(NC(=O)c2ccccc2F)c1. The van der Waals surface area contributed by atoms with E-state index in [1.165, 1.54) is 31.4 Å². The molecule has 8 heteroatoms. The summed E-state index contributed by atoms with van der Waals surface area (Å²) in [7, 11) is 1.27. The number of hydrogen-bond acceptors (Lipinski definition) is 5. The fourth-order valence-corrected chi connectivity index (χ4v) is 3.91. The standard InChI is InChI=1S/C26H24FN3O4/c1-34-26(33)19-11-12-23(22(17-19)28-24(31)20-9-5-6-10-21(20)27)29-13-15-30(16-14-29)25(32)18-7-3-2-4-8-18/h2-12,17H,13-16H2,1H3,(H,28,31). The zero-order chi connectivity index (χ0) is 24.1. The molecular weight excluding hydrogens is 437 g/mol. The number of nitrogens with one attached hydrogen (secondary N) is 1. The van der Waals surface area contributed by atoms with Gasteiger partial charge in [0.1, 0.15) is 5.82 Å². The number of methoxy groups -OCH3 is 1. The zero-order valence-corrected chi connectivity index (χ0v) is 18.7. The third kappa shape index (κ3) is 4.91. The Hall–Kier alpha value is -4.20. The predicted molar refractivity (Wildman–Crippen MR) is 127 cm³/mol. The van der Waals surface area contributed by atoms with E-state index in [4.69, 9.17) is 4.74 Å². The Morgan fingerprint density at radius 2 is 1.53 bits per heavy atom. The van der Waals surface area contributed by atoms with E-state index in [1.54, 1.807) is 35.2 Å². The largest absolute Gasteiger partial charge is 0.465 e. The molecule has 1 heterocycles. The van der Waals surface area contributed by atoms with Crippen LogP contribution in [-0.2, 0) is 4.74 Å². The van der Waals surface area contributed by atoms with Gasteiger partial charge in [-0.3, -0.25) is 9.59 Å². The molecule has 3 aromatic rings. The molecule has 1 saturated heterocycles. The Balaban J connectivity index is 1.55. The molecule has 0 atom stereocenters. The number of rotatable bonds is 5. The van der Waals surface area contributed by atoms with Gasteiger partial charge in [0.2, 0.25) is 0 Å². The molecule has 1 N–H and O–H groups in total. The molecule has 0 aliphatic carbocycles. The van der Waals surface area contributed by atoms with E-state index >= 15 is 0 Å². The number of hydrogen-bond donors (Lipinski definition) is 1. The highest BCUT2D eigenvalue weighted by molar-refractivity contribution is 6.07. The lowest BCUT2D eigenvalue weighted by molar-refractivity contribution is 0.0600. The fraction of sp³-hybridized carbons (Fsp3) is 0.192. The van der Waals surface area contributed by atoms with Crippen LogP contribution in [0.3, 0.4) is 0 Å². The molecule has 34 heavy (non-hydrogen) atoms. The molecule has 1 aliphatic rings. The van der Waals surface area contributed by atoms with Gasteiger partial charge < -0.3 is 19.9 Å². The minimum Gasteiger partial charge on any atom is -0.465 e. The van der Waals surface area contributed by atoms with E-state index in [2.05, 4.69) is 5.32 Å². The van der Waals surface area contributed by atoms with Crippen molar-refractivity contribution in [3.8, 4) is 0 Å². The highest BCUT2D eigenvalue weighted by Gasteiger charge is 2.25. The molecule has 1 fully saturated rings. The summed E-state index contributed by atoms with van der Waals surface area (Å²) < 4.78 is 18.9. The van der Waals surface area contributed by atoms with Crippen molar-refractivity contribution >= 4 is 29.2 Å². The lowest BCUT2D eigenvalue weighted by atomic mass is 10.1. The van der Waals surface area contributed by atoms with Gasteiger partial charge in [0.25, 0.3) is 11.8 Å². The summed E-state index contributed by atoms with van der Waals surface area (Å²) >= 11 is 0. The number of anilines is 2. The van der Waals surface area contributed by atoms with Gasteiger partial charge in [0.15, 0.2) is 0 Å². The summed E-state index contributed by atoms with van der Waals surface area (Å²) in [6, 6.07) is 19.6. The minimum absolute atomic E-state index is 0.0330. The lowest BCUT2D eigenvalue weighted by Crippen LogP contribution is -2.49. The number of ether oxygens (including phenoxy) is 1. The van der Waals surface area contributed by atoms with E-state index in [0.717, 1.165) is 0 Å². The summed E-state index contributed by atoms with van der Waals surface area (Å²) in [5.74, 6) is -1.85. The van der Waals surface area contributed by atoms with Crippen molar-refractivity contribution in [1.82, 2.24) is 4.90 Å². The molecule has 0 saturated carbocycles. The van der Waals surface area contributed by atoms with Crippen molar-refractivity contribution in [2.75, 3.05) is 43.5 Å². The van der Waals surface area contributed by atoms with Gasteiger partial charge in [-0.2, -0.15) is 0 Å². The van der Waals surface area contributed by atoms with Crippen molar-refractivity contribution in [1.29, 1.82) is 0 Å². The number of benzene rings is 3. The second-order valence-electron chi connectivity index (χ2n) is 7.80.